The number of aromatic nitrogens is 1. The summed E-state index contributed by atoms with van der Waals surface area (Å²) < 4.78 is 31.6. The third kappa shape index (κ3) is 4.44. The Morgan fingerprint density at radius 2 is 2.11 bits per heavy atom. The molecule has 144 valence electrons. The zero-order chi connectivity index (χ0) is 18.8. The number of rotatable bonds is 5. The average Bonchev–Trinajstić information content (AvgIpc) is 3.26. The van der Waals surface area contributed by atoms with Crippen molar-refractivity contribution >= 4 is 22.5 Å². The molecule has 0 spiro atoms. The molecular formula is C19H21F2N3O2S. The third-order valence-electron chi connectivity index (χ3n) is 5.04. The number of carbonyl (C=O) groups excluding carboxylic acids is 1. The highest BCUT2D eigenvalue weighted by atomic mass is 32.1. The zero-order valence-electron chi connectivity index (χ0n) is 14.8. The van der Waals surface area contributed by atoms with Crippen molar-refractivity contribution in [1.29, 1.82) is 0 Å². The van der Waals surface area contributed by atoms with Crippen LogP contribution >= 0.6 is 11.3 Å². The highest BCUT2D eigenvalue weighted by Crippen LogP contribution is 2.25. The van der Waals surface area contributed by atoms with Crippen molar-refractivity contribution in [1.82, 2.24) is 9.88 Å². The Hall–Kier alpha value is -2.06. The molecule has 1 aromatic heterocycles. The standard InChI is InChI=1S/C19H21F2N3O2S/c20-16-2-1-12(7-17(16)21)5-14-8-24(9-14)19(25)23-18-22-15(11-27-18)6-13-3-4-26-10-13/h1-2,7,11,13-14H,3-6,8-10H2,(H,22,23,25). The second-order valence-electron chi connectivity index (χ2n) is 7.23. The largest absolute Gasteiger partial charge is 0.381 e. The van der Waals surface area contributed by atoms with Gasteiger partial charge >= 0.3 is 6.03 Å². The van der Waals surface area contributed by atoms with Crippen molar-refractivity contribution in [3.05, 3.63) is 46.5 Å². The number of nitrogens with one attached hydrogen (secondary N) is 1. The summed E-state index contributed by atoms with van der Waals surface area (Å²) in [5.41, 5.74) is 1.74. The number of amides is 2. The molecule has 8 heteroatoms. The molecule has 1 aromatic carbocycles. The molecule has 2 amide bonds. The van der Waals surface area contributed by atoms with E-state index in [1.807, 2.05) is 5.38 Å². The van der Waals surface area contributed by atoms with Gasteiger partial charge in [-0.1, -0.05) is 6.07 Å². The number of likely N-dealkylation sites (tertiary alicyclic amines) is 1. The first kappa shape index (κ1) is 18.3. The van der Waals surface area contributed by atoms with Crippen LogP contribution in [0.1, 0.15) is 17.7 Å². The highest BCUT2D eigenvalue weighted by molar-refractivity contribution is 7.13. The Balaban J connectivity index is 1.23. The van der Waals surface area contributed by atoms with E-state index < -0.39 is 11.6 Å². The molecule has 1 N–H and O–H groups in total. The zero-order valence-corrected chi connectivity index (χ0v) is 15.6. The first-order valence-corrected chi connectivity index (χ1v) is 9.97. The van der Waals surface area contributed by atoms with E-state index in [-0.39, 0.29) is 11.9 Å². The summed E-state index contributed by atoms with van der Waals surface area (Å²) >= 11 is 1.43. The van der Waals surface area contributed by atoms with Crippen LogP contribution in [0.4, 0.5) is 18.7 Å². The lowest BCUT2D eigenvalue weighted by Crippen LogP contribution is -2.52. The van der Waals surface area contributed by atoms with Crippen LogP contribution in [-0.2, 0) is 17.6 Å². The molecule has 1 atom stereocenters. The Bertz CT molecular complexity index is 817. The van der Waals surface area contributed by atoms with Crippen LogP contribution in [-0.4, -0.2) is 42.2 Å². The third-order valence-corrected chi connectivity index (χ3v) is 5.85. The van der Waals surface area contributed by atoms with Crippen LogP contribution < -0.4 is 5.32 Å². The topological polar surface area (TPSA) is 54.5 Å². The molecule has 0 bridgehead atoms. The van der Waals surface area contributed by atoms with Gasteiger partial charge in [0.2, 0.25) is 0 Å². The number of benzene rings is 1. The van der Waals surface area contributed by atoms with Crippen molar-refractivity contribution in [3.8, 4) is 0 Å². The predicted molar refractivity (Wildman–Crippen MR) is 98.9 cm³/mol. The van der Waals surface area contributed by atoms with Gasteiger partial charge in [0.05, 0.1) is 5.69 Å². The van der Waals surface area contributed by atoms with Gasteiger partial charge in [0.1, 0.15) is 0 Å². The van der Waals surface area contributed by atoms with E-state index in [0.717, 1.165) is 43.4 Å². The van der Waals surface area contributed by atoms with Crippen molar-refractivity contribution in [3.63, 3.8) is 0 Å². The smallest absolute Gasteiger partial charge is 0.323 e. The SMILES string of the molecule is O=C(Nc1nc(CC2CCOC2)cs1)N1CC(Cc2ccc(F)c(F)c2)C1. The minimum absolute atomic E-state index is 0.165. The number of anilines is 1. The fourth-order valence-corrected chi connectivity index (χ4v) is 4.25. The summed E-state index contributed by atoms with van der Waals surface area (Å²) in [7, 11) is 0. The molecule has 2 aliphatic heterocycles. The molecule has 3 heterocycles. The molecule has 2 saturated heterocycles. The van der Waals surface area contributed by atoms with E-state index in [4.69, 9.17) is 4.74 Å². The first-order valence-electron chi connectivity index (χ1n) is 9.09. The van der Waals surface area contributed by atoms with Gasteiger partial charge in [-0.05, 0) is 48.8 Å². The van der Waals surface area contributed by atoms with E-state index in [1.165, 1.54) is 17.4 Å². The lowest BCUT2D eigenvalue weighted by Gasteiger charge is -2.39. The van der Waals surface area contributed by atoms with Crippen molar-refractivity contribution in [2.24, 2.45) is 11.8 Å². The van der Waals surface area contributed by atoms with Gasteiger partial charge in [0.15, 0.2) is 16.8 Å². The van der Waals surface area contributed by atoms with Crippen LogP contribution in [0, 0.1) is 23.5 Å². The molecule has 0 saturated carbocycles. The number of urea groups is 1. The predicted octanol–water partition coefficient (Wildman–Crippen LogP) is 3.71. The molecule has 2 aliphatic rings. The van der Waals surface area contributed by atoms with E-state index in [0.29, 0.717) is 30.6 Å². The summed E-state index contributed by atoms with van der Waals surface area (Å²) in [6.07, 6.45) is 2.57. The van der Waals surface area contributed by atoms with Gasteiger partial charge in [0, 0.05) is 31.7 Å². The first-order chi connectivity index (χ1) is 13.1. The van der Waals surface area contributed by atoms with E-state index >= 15 is 0 Å². The fraction of sp³-hybridized carbons (Fsp3) is 0.474. The number of nitrogens with zero attached hydrogens (tertiary/aromatic N) is 2. The number of hydrogen-bond acceptors (Lipinski definition) is 4. The molecule has 4 rings (SSSR count). The van der Waals surface area contributed by atoms with Crippen LogP contribution in [0.2, 0.25) is 0 Å². The minimum Gasteiger partial charge on any atom is -0.381 e. The summed E-state index contributed by atoms with van der Waals surface area (Å²) in [5.74, 6) is -0.889. The number of thiazole rings is 1. The molecular weight excluding hydrogens is 372 g/mol. The Morgan fingerprint density at radius 3 is 2.85 bits per heavy atom. The summed E-state index contributed by atoms with van der Waals surface area (Å²) in [6, 6.07) is 3.80. The average molecular weight is 393 g/mol. The molecule has 5 nitrogen and oxygen atoms in total. The van der Waals surface area contributed by atoms with Gasteiger partial charge in [-0.2, -0.15) is 0 Å². The monoisotopic (exact) mass is 393 g/mol. The molecule has 0 radical (unpaired) electrons. The maximum absolute atomic E-state index is 13.3. The molecule has 2 fully saturated rings. The molecule has 27 heavy (non-hydrogen) atoms. The lowest BCUT2D eigenvalue weighted by atomic mass is 9.92. The Labute approximate surface area is 160 Å². The van der Waals surface area contributed by atoms with E-state index in [2.05, 4.69) is 10.3 Å². The van der Waals surface area contributed by atoms with Crippen LogP contribution in [0.3, 0.4) is 0 Å². The lowest BCUT2D eigenvalue weighted by molar-refractivity contribution is 0.131. The number of halogens is 2. The Kier molecular flexibility index (Phi) is 5.36. The molecule has 1 unspecified atom stereocenters. The number of hydrogen-bond donors (Lipinski definition) is 1. The van der Waals surface area contributed by atoms with Crippen molar-refractivity contribution in [2.45, 2.75) is 19.3 Å². The van der Waals surface area contributed by atoms with Gasteiger partial charge in [-0.15, -0.1) is 11.3 Å². The second kappa shape index (κ2) is 7.90. The van der Waals surface area contributed by atoms with Gasteiger partial charge < -0.3 is 9.64 Å². The number of carbonyl (C=O) groups is 1. The van der Waals surface area contributed by atoms with Crippen LogP contribution in [0.15, 0.2) is 23.6 Å². The Morgan fingerprint density at radius 1 is 1.26 bits per heavy atom. The maximum atomic E-state index is 13.3. The quantitative estimate of drug-likeness (QED) is 0.843. The second-order valence-corrected chi connectivity index (χ2v) is 8.09. The molecule has 0 aliphatic carbocycles. The van der Waals surface area contributed by atoms with Crippen LogP contribution in [0.25, 0.3) is 0 Å². The van der Waals surface area contributed by atoms with Crippen LogP contribution in [0.5, 0.6) is 0 Å². The van der Waals surface area contributed by atoms with Gasteiger partial charge in [0.25, 0.3) is 0 Å². The van der Waals surface area contributed by atoms with Gasteiger partial charge in [-0.25, -0.2) is 18.6 Å². The summed E-state index contributed by atoms with van der Waals surface area (Å²) in [6.45, 7) is 2.80. The molecule has 2 aromatic rings. The number of ether oxygens (including phenoxy) is 1. The maximum Gasteiger partial charge on any atom is 0.323 e. The minimum atomic E-state index is -0.836. The summed E-state index contributed by atoms with van der Waals surface area (Å²) in [4.78, 5) is 18.5. The van der Waals surface area contributed by atoms with Gasteiger partial charge in [-0.3, -0.25) is 5.32 Å². The van der Waals surface area contributed by atoms with Crippen molar-refractivity contribution in [2.75, 3.05) is 31.6 Å². The fourth-order valence-electron chi connectivity index (χ4n) is 3.53. The van der Waals surface area contributed by atoms with Crippen molar-refractivity contribution < 1.29 is 18.3 Å². The normalized spacial score (nSPS) is 19.9. The summed E-state index contributed by atoms with van der Waals surface area (Å²) in [5, 5.41) is 5.44. The van der Waals surface area contributed by atoms with E-state index in [1.54, 1.807) is 11.0 Å². The highest BCUT2D eigenvalue weighted by Gasteiger charge is 2.31. The van der Waals surface area contributed by atoms with E-state index in [9.17, 15) is 13.6 Å².